The number of hydrogen-bond acceptors (Lipinski definition) is 4. The van der Waals surface area contributed by atoms with Gasteiger partial charge in [0.15, 0.2) is 11.3 Å². The van der Waals surface area contributed by atoms with E-state index >= 15 is 0 Å². The second-order valence-corrected chi connectivity index (χ2v) is 3.23. The van der Waals surface area contributed by atoms with Crippen LogP contribution in [-0.2, 0) is 6.18 Å². The largest absolute Gasteiger partial charge is 0.478 e. The van der Waals surface area contributed by atoms with Crippen molar-refractivity contribution in [1.82, 2.24) is 19.8 Å². The lowest BCUT2D eigenvalue weighted by Gasteiger charge is -2.10. The number of nitrogens with zero attached hydrogens (tertiary/aromatic N) is 4. The molecule has 1 N–H and O–H groups in total. The standard InChI is InChI=1S/C8H5F3N4O2/c1-3-6-12-2-4(7(16)17)5(8(9,10)11)15(6)14-13-3/h2H,1H3,(H,16,17). The molecule has 0 aliphatic heterocycles. The number of aromatic nitrogens is 4. The smallest absolute Gasteiger partial charge is 0.434 e. The Kier molecular flexibility index (Phi) is 2.26. The first kappa shape index (κ1) is 11.3. The summed E-state index contributed by atoms with van der Waals surface area (Å²) in [6.07, 6.45) is -4.20. The number of carbonyl (C=O) groups is 1. The Morgan fingerprint density at radius 2 is 2.12 bits per heavy atom. The minimum Gasteiger partial charge on any atom is -0.478 e. The lowest BCUT2D eigenvalue weighted by atomic mass is 10.2. The first-order valence-corrected chi connectivity index (χ1v) is 4.34. The quantitative estimate of drug-likeness (QED) is 0.816. The summed E-state index contributed by atoms with van der Waals surface area (Å²) in [5, 5.41) is 15.4. The van der Waals surface area contributed by atoms with Crippen LogP contribution in [0.4, 0.5) is 13.2 Å². The molecule has 0 spiro atoms. The molecule has 9 heteroatoms. The zero-order valence-electron chi connectivity index (χ0n) is 8.36. The van der Waals surface area contributed by atoms with E-state index in [4.69, 9.17) is 5.11 Å². The molecule has 0 aliphatic carbocycles. The van der Waals surface area contributed by atoms with Gasteiger partial charge >= 0.3 is 12.1 Å². The molecular formula is C8H5F3N4O2. The molecule has 0 unspecified atom stereocenters. The molecule has 17 heavy (non-hydrogen) atoms. The highest BCUT2D eigenvalue weighted by Gasteiger charge is 2.39. The number of hydrogen-bond donors (Lipinski definition) is 1. The number of fused-ring (bicyclic) bond motifs is 1. The highest BCUT2D eigenvalue weighted by atomic mass is 19.4. The van der Waals surface area contributed by atoms with Crippen LogP contribution in [-0.4, -0.2) is 30.9 Å². The molecule has 0 aliphatic rings. The van der Waals surface area contributed by atoms with Gasteiger partial charge in [0.05, 0.1) is 0 Å². The van der Waals surface area contributed by atoms with Crippen LogP contribution < -0.4 is 0 Å². The highest BCUT2D eigenvalue weighted by molar-refractivity contribution is 5.89. The Morgan fingerprint density at radius 1 is 1.47 bits per heavy atom. The van der Waals surface area contributed by atoms with Gasteiger partial charge in [-0.25, -0.2) is 9.78 Å². The number of halogens is 3. The van der Waals surface area contributed by atoms with Crippen LogP contribution in [0.3, 0.4) is 0 Å². The molecule has 0 saturated carbocycles. The van der Waals surface area contributed by atoms with Crippen molar-refractivity contribution in [3.05, 3.63) is 23.1 Å². The molecule has 0 fully saturated rings. The topological polar surface area (TPSA) is 80.4 Å². The van der Waals surface area contributed by atoms with Gasteiger partial charge < -0.3 is 5.11 Å². The van der Waals surface area contributed by atoms with Crippen LogP contribution in [0.5, 0.6) is 0 Å². The lowest BCUT2D eigenvalue weighted by Crippen LogP contribution is -2.19. The average molecular weight is 246 g/mol. The summed E-state index contributed by atoms with van der Waals surface area (Å²) >= 11 is 0. The van der Waals surface area contributed by atoms with E-state index in [9.17, 15) is 18.0 Å². The van der Waals surface area contributed by atoms with Crippen molar-refractivity contribution in [1.29, 1.82) is 0 Å². The fourth-order valence-electron chi connectivity index (χ4n) is 1.38. The Bertz CT molecular complexity index is 605. The number of alkyl halides is 3. The molecule has 90 valence electrons. The lowest BCUT2D eigenvalue weighted by molar-refractivity contribution is -0.143. The predicted octanol–water partition coefficient (Wildman–Crippen LogP) is 1.15. The maximum Gasteiger partial charge on any atom is 0.434 e. The second-order valence-electron chi connectivity index (χ2n) is 3.23. The molecular weight excluding hydrogens is 241 g/mol. The van der Waals surface area contributed by atoms with E-state index in [2.05, 4.69) is 15.3 Å². The molecule has 2 heterocycles. The van der Waals surface area contributed by atoms with Crippen molar-refractivity contribution >= 4 is 11.6 Å². The number of carboxylic acids is 1. The number of carboxylic acid groups (broad SMARTS) is 1. The SMILES string of the molecule is Cc1nnn2c(C(F)(F)F)c(C(=O)O)cnc12. The van der Waals surface area contributed by atoms with E-state index in [1.807, 2.05) is 0 Å². The minimum absolute atomic E-state index is 0.123. The molecule has 0 amide bonds. The van der Waals surface area contributed by atoms with E-state index < -0.39 is 23.4 Å². The summed E-state index contributed by atoms with van der Waals surface area (Å²) in [5.74, 6) is -1.72. The molecule has 0 aromatic carbocycles. The van der Waals surface area contributed by atoms with Gasteiger partial charge in [-0.3, -0.25) is 0 Å². The van der Waals surface area contributed by atoms with E-state index in [-0.39, 0.29) is 11.3 Å². The van der Waals surface area contributed by atoms with Crippen molar-refractivity contribution in [2.24, 2.45) is 0 Å². The molecule has 2 aromatic heterocycles. The first-order valence-electron chi connectivity index (χ1n) is 4.34. The van der Waals surface area contributed by atoms with Gasteiger partial charge in [-0.2, -0.15) is 17.7 Å². The summed E-state index contributed by atoms with van der Waals surface area (Å²) in [7, 11) is 0. The Hall–Kier alpha value is -2.19. The van der Waals surface area contributed by atoms with Gasteiger partial charge in [0.1, 0.15) is 11.3 Å². The normalized spacial score (nSPS) is 12.0. The third kappa shape index (κ3) is 1.69. The molecule has 2 aromatic rings. The number of rotatable bonds is 1. The fourth-order valence-corrected chi connectivity index (χ4v) is 1.38. The van der Waals surface area contributed by atoms with Gasteiger partial charge in [-0.05, 0) is 6.92 Å². The fraction of sp³-hybridized carbons (Fsp3) is 0.250. The molecule has 0 atom stereocenters. The summed E-state index contributed by atoms with van der Waals surface area (Å²) in [4.78, 5) is 14.3. The molecule has 0 saturated heterocycles. The minimum atomic E-state index is -4.85. The van der Waals surface area contributed by atoms with E-state index in [1.54, 1.807) is 0 Å². The first-order chi connectivity index (χ1) is 7.82. The van der Waals surface area contributed by atoms with Crippen LogP contribution >= 0.6 is 0 Å². The van der Waals surface area contributed by atoms with Gasteiger partial charge in [0.2, 0.25) is 0 Å². The zero-order valence-corrected chi connectivity index (χ0v) is 8.36. The van der Waals surface area contributed by atoms with E-state index in [0.29, 0.717) is 10.7 Å². The third-order valence-corrected chi connectivity index (χ3v) is 2.09. The van der Waals surface area contributed by atoms with E-state index in [1.165, 1.54) is 6.92 Å². The van der Waals surface area contributed by atoms with Gasteiger partial charge in [-0.1, -0.05) is 5.21 Å². The maximum atomic E-state index is 12.8. The highest BCUT2D eigenvalue weighted by Crippen LogP contribution is 2.31. The number of aryl methyl sites for hydroxylation is 1. The van der Waals surface area contributed by atoms with Crippen molar-refractivity contribution in [2.75, 3.05) is 0 Å². The van der Waals surface area contributed by atoms with Crippen LogP contribution in [0, 0.1) is 6.92 Å². The van der Waals surface area contributed by atoms with Crippen molar-refractivity contribution in [2.45, 2.75) is 13.1 Å². The zero-order chi connectivity index (χ0) is 12.8. The molecule has 6 nitrogen and oxygen atoms in total. The Morgan fingerprint density at radius 3 is 2.65 bits per heavy atom. The Labute approximate surface area is 91.7 Å². The van der Waals surface area contributed by atoms with Crippen molar-refractivity contribution in [3.63, 3.8) is 0 Å². The molecule has 0 radical (unpaired) electrons. The summed E-state index contributed by atoms with van der Waals surface area (Å²) in [6.45, 7) is 1.43. The van der Waals surface area contributed by atoms with Gasteiger partial charge in [-0.15, -0.1) is 5.10 Å². The second kappa shape index (κ2) is 3.40. The van der Waals surface area contributed by atoms with Crippen molar-refractivity contribution in [3.8, 4) is 0 Å². The number of aromatic carboxylic acids is 1. The molecule has 2 rings (SSSR count). The van der Waals surface area contributed by atoms with Crippen LogP contribution in [0.15, 0.2) is 6.20 Å². The average Bonchev–Trinajstić information content (AvgIpc) is 2.57. The van der Waals surface area contributed by atoms with Gasteiger partial charge in [0, 0.05) is 6.20 Å². The maximum absolute atomic E-state index is 12.8. The van der Waals surface area contributed by atoms with Crippen molar-refractivity contribution < 1.29 is 23.1 Å². The molecule has 0 bridgehead atoms. The van der Waals surface area contributed by atoms with E-state index in [0.717, 1.165) is 0 Å². The summed E-state index contributed by atoms with van der Waals surface area (Å²) in [6, 6.07) is 0. The predicted molar refractivity (Wildman–Crippen MR) is 47.5 cm³/mol. The van der Waals surface area contributed by atoms with Crippen LogP contribution in [0.2, 0.25) is 0 Å². The van der Waals surface area contributed by atoms with Gasteiger partial charge in [0.25, 0.3) is 0 Å². The summed E-state index contributed by atoms with van der Waals surface area (Å²) < 4.78 is 38.7. The summed E-state index contributed by atoms with van der Waals surface area (Å²) in [5.41, 5.74) is -2.29. The van der Waals surface area contributed by atoms with Crippen LogP contribution in [0.1, 0.15) is 21.7 Å². The van der Waals surface area contributed by atoms with Crippen LogP contribution in [0.25, 0.3) is 5.65 Å². The Balaban J connectivity index is 2.90. The monoisotopic (exact) mass is 246 g/mol. The third-order valence-electron chi connectivity index (χ3n) is 2.09.